The number of methoxy groups -OCH3 is 1. The van der Waals surface area contributed by atoms with Gasteiger partial charge in [-0.05, 0) is 24.3 Å². The minimum Gasteiger partial charge on any atom is -0.380 e. The van der Waals surface area contributed by atoms with Gasteiger partial charge < -0.3 is 15.4 Å². The predicted octanol–water partition coefficient (Wildman–Crippen LogP) is 1.41. The Kier molecular flexibility index (Phi) is 6.36. The van der Waals surface area contributed by atoms with Gasteiger partial charge in [-0.2, -0.15) is 0 Å². The first-order valence-electron chi connectivity index (χ1n) is 6.74. The Bertz CT molecular complexity index is 300. The molecular formula is C14H26N2O2. The lowest BCUT2D eigenvalue weighted by atomic mass is 9.95. The van der Waals surface area contributed by atoms with Gasteiger partial charge in [-0.25, -0.2) is 0 Å². The lowest BCUT2D eigenvalue weighted by Gasteiger charge is -2.30. The maximum Gasteiger partial charge on any atom is 0.227 e. The molecule has 0 spiro atoms. The molecule has 1 unspecified atom stereocenters. The summed E-state index contributed by atoms with van der Waals surface area (Å²) >= 11 is 0. The zero-order valence-corrected chi connectivity index (χ0v) is 11.8. The number of hydrogen-bond donors (Lipinski definition) is 1. The van der Waals surface area contributed by atoms with Crippen LogP contribution in [0, 0.1) is 11.8 Å². The topological polar surface area (TPSA) is 55.6 Å². The number of hydrogen-bond acceptors (Lipinski definition) is 3. The van der Waals surface area contributed by atoms with Crippen molar-refractivity contribution in [3.05, 3.63) is 11.6 Å². The fourth-order valence-electron chi connectivity index (χ4n) is 2.35. The quantitative estimate of drug-likeness (QED) is 0.729. The van der Waals surface area contributed by atoms with Crippen LogP contribution in [0.5, 0.6) is 0 Å². The second kappa shape index (κ2) is 7.54. The van der Waals surface area contributed by atoms with E-state index in [4.69, 9.17) is 10.5 Å². The maximum absolute atomic E-state index is 12.3. The average Bonchev–Trinajstić information content (AvgIpc) is 2.36. The fourth-order valence-corrected chi connectivity index (χ4v) is 2.35. The van der Waals surface area contributed by atoms with Crippen molar-refractivity contribution in [2.75, 3.05) is 33.4 Å². The third-order valence-corrected chi connectivity index (χ3v) is 3.33. The van der Waals surface area contributed by atoms with Crippen molar-refractivity contribution in [2.24, 2.45) is 17.6 Å². The Hall–Kier alpha value is -0.870. The normalized spacial score (nSPS) is 17.8. The predicted molar refractivity (Wildman–Crippen MR) is 73.2 cm³/mol. The van der Waals surface area contributed by atoms with E-state index in [0.717, 1.165) is 19.4 Å². The smallest absolute Gasteiger partial charge is 0.227 e. The lowest BCUT2D eigenvalue weighted by Crippen LogP contribution is -2.42. The third-order valence-electron chi connectivity index (χ3n) is 3.33. The number of amides is 1. The summed E-state index contributed by atoms with van der Waals surface area (Å²) in [6.45, 7) is 6.87. The van der Waals surface area contributed by atoms with Crippen molar-refractivity contribution in [1.29, 1.82) is 0 Å². The van der Waals surface area contributed by atoms with E-state index in [-0.39, 0.29) is 11.8 Å². The van der Waals surface area contributed by atoms with Gasteiger partial charge in [0.05, 0.1) is 12.5 Å². The summed E-state index contributed by atoms with van der Waals surface area (Å²) in [5, 5.41) is 0. The summed E-state index contributed by atoms with van der Waals surface area (Å²) in [6, 6.07) is 0. The Morgan fingerprint density at radius 1 is 1.56 bits per heavy atom. The molecule has 0 radical (unpaired) electrons. The molecular weight excluding hydrogens is 228 g/mol. The van der Waals surface area contributed by atoms with Crippen LogP contribution in [-0.2, 0) is 9.53 Å². The molecule has 1 aliphatic rings. The van der Waals surface area contributed by atoms with Gasteiger partial charge in [0, 0.05) is 26.7 Å². The minimum atomic E-state index is -0.0256. The van der Waals surface area contributed by atoms with Crippen LogP contribution in [0.25, 0.3) is 0 Å². The first-order chi connectivity index (χ1) is 8.58. The molecule has 0 bridgehead atoms. The molecule has 18 heavy (non-hydrogen) atoms. The van der Waals surface area contributed by atoms with Crippen LogP contribution in [0.2, 0.25) is 0 Å². The van der Waals surface area contributed by atoms with Crippen molar-refractivity contribution >= 4 is 5.91 Å². The Morgan fingerprint density at radius 2 is 2.28 bits per heavy atom. The largest absolute Gasteiger partial charge is 0.380 e. The molecule has 104 valence electrons. The molecule has 4 nitrogen and oxygen atoms in total. The van der Waals surface area contributed by atoms with Gasteiger partial charge in [0.15, 0.2) is 0 Å². The third kappa shape index (κ3) is 4.42. The first-order valence-corrected chi connectivity index (χ1v) is 6.74. The molecule has 0 aromatic carbocycles. The molecule has 2 N–H and O–H groups in total. The molecule has 0 aliphatic carbocycles. The zero-order chi connectivity index (χ0) is 13.5. The summed E-state index contributed by atoms with van der Waals surface area (Å²) in [7, 11) is 1.70. The SMILES string of the molecule is COCC1=CCN(C(=O)C(CN)CC(C)C)CC1. The van der Waals surface area contributed by atoms with Crippen LogP contribution < -0.4 is 5.73 Å². The Balaban J connectivity index is 2.52. The molecule has 0 saturated heterocycles. The number of carbonyl (C=O) groups excluding carboxylic acids is 1. The van der Waals surface area contributed by atoms with E-state index in [1.807, 2.05) is 4.90 Å². The fraction of sp³-hybridized carbons (Fsp3) is 0.786. The molecule has 1 aliphatic heterocycles. The first kappa shape index (κ1) is 15.2. The molecule has 4 heteroatoms. The van der Waals surface area contributed by atoms with Gasteiger partial charge in [0.2, 0.25) is 5.91 Å². The summed E-state index contributed by atoms with van der Waals surface area (Å²) in [5.41, 5.74) is 7.01. The number of rotatable bonds is 6. The van der Waals surface area contributed by atoms with Crippen LogP contribution in [0.4, 0.5) is 0 Å². The summed E-state index contributed by atoms with van der Waals surface area (Å²) in [4.78, 5) is 14.2. The van der Waals surface area contributed by atoms with Crippen LogP contribution in [0.15, 0.2) is 11.6 Å². The van der Waals surface area contributed by atoms with E-state index in [1.165, 1.54) is 5.57 Å². The molecule has 1 heterocycles. The van der Waals surface area contributed by atoms with Crippen LogP contribution in [0.1, 0.15) is 26.7 Å². The van der Waals surface area contributed by atoms with Gasteiger partial charge in [-0.1, -0.05) is 19.9 Å². The van der Waals surface area contributed by atoms with E-state index in [1.54, 1.807) is 7.11 Å². The number of nitrogens with zero attached hydrogens (tertiary/aromatic N) is 1. The summed E-state index contributed by atoms with van der Waals surface area (Å²) in [6.07, 6.45) is 3.90. The average molecular weight is 254 g/mol. The van der Waals surface area contributed by atoms with E-state index in [0.29, 0.717) is 25.6 Å². The summed E-state index contributed by atoms with van der Waals surface area (Å²) < 4.78 is 5.11. The van der Waals surface area contributed by atoms with Crippen molar-refractivity contribution in [3.63, 3.8) is 0 Å². The monoisotopic (exact) mass is 254 g/mol. The van der Waals surface area contributed by atoms with Gasteiger partial charge in [0.1, 0.15) is 0 Å². The summed E-state index contributed by atoms with van der Waals surface area (Å²) in [5.74, 6) is 0.688. The van der Waals surface area contributed by atoms with E-state index in [9.17, 15) is 4.79 Å². The van der Waals surface area contributed by atoms with E-state index in [2.05, 4.69) is 19.9 Å². The van der Waals surface area contributed by atoms with Gasteiger partial charge in [-0.15, -0.1) is 0 Å². The molecule has 0 fully saturated rings. The molecule has 1 amide bonds. The number of carbonyl (C=O) groups is 1. The van der Waals surface area contributed by atoms with Crippen LogP contribution in [-0.4, -0.2) is 44.2 Å². The number of ether oxygens (including phenoxy) is 1. The van der Waals surface area contributed by atoms with Crippen molar-refractivity contribution in [3.8, 4) is 0 Å². The maximum atomic E-state index is 12.3. The highest BCUT2D eigenvalue weighted by Gasteiger charge is 2.25. The Labute approximate surface area is 110 Å². The highest BCUT2D eigenvalue weighted by molar-refractivity contribution is 5.79. The van der Waals surface area contributed by atoms with Gasteiger partial charge in [0.25, 0.3) is 0 Å². The zero-order valence-electron chi connectivity index (χ0n) is 11.8. The van der Waals surface area contributed by atoms with Gasteiger partial charge in [-0.3, -0.25) is 4.79 Å². The molecule has 1 rings (SSSR count). The highest BCUT2D eigenvalue weighted by Crippen LogP contribution is 2.17. The lowest BCUT2D eigenvalue weighted by molar-refractivity contribution is -0.135. The molecule has 0 saturated carbocycles. The Morgan fingerprint density at radius 3 is 2.72 bits per heavy atom. The van der Waals surface area contributed by atoms with E-state index < -0.39 is 0 Å². The van der Waals surface area contributed by atoms with Crippen molar-refractivity contribution in [1.82, 2.24) is 4.90 Å². The molecule has 0 aromatic rings. The van der Waals surface area contributed by atoms with Crippen molar-refractivity contribution in [2.45, 2.75) is 26.7 Å². The standard InChI is InChI=1S/C14H26N2O2/c1-11(2)8-13(9-15)14(17)16-6-4-12(5-7-16)10-18-3/h4,11,13H,5-10,15H2,1-3H3. The minimum absolute atomic E-state index is 0.0256. The van der Waals surface area contributed by atoms with Crippen LogP contribution >= 0.6 is 0 Å². The molecule has 1 atom stereocenters. The molecule has 0 aromatic heterocycles. The van der Waals surface area contributed by atoms with Crippen LogP contribution in [0.3, 0.4) is 0 Å². The van der Waals surface area contributed by atoms with Crippen molar-refractivity contribution < 1.29 is 9.53 Å². The van der Waals surface area contributed by atoms with E-state index >= 15 is 0 Å². The highest BCUT2D eigenvalue weighted by atomic mass is 16.5. The van der Waals surface area contributed by atoms with Gasteiger partial charge >= 0.3 is 0 Å². The second-order valence-corrected chi connectivity index (χ2v) is 5.39. The number of nitrogens with two attached hydrogens (primary N) is 1. The second-order valence-electron chi connectivity index (χ2n) is 5.39.